The van der Waals surface area contributed by atoms with Crippen LogP contribution in [-0.2, 0) is 4.79 Å². The first-order valence-electron chi connectivity index (χ1n) is 5.57. The zero-order valence-electron chi connectivity index (χ0n) is 10.3. The van der Waals surface area contributed by atoms with Gasteiger partial charge in [0, 0.05) is 0 Å². The molecule has 0 spiro atoms. The Hall–Kier alpha value is -1.23. The first-order valence-corrected chi connectivity index (χ1v) is 5.57. The van der Waals surface area contributed by atoms with Crippen molar-refractivity contribution < 1.29 is 53.8 Å². The number of alkyl halides is 10. The van der Waals surface area contributed by atoms with Crippen molar-refractivity contribution >= 4 is 5.97 Å². The second-order valence-corrected chi connectivity index (χ2v) is 4.19. The van der Waals surface area contributed by atoms with Gasteiger partial charge >= 0.3 is 5.97 Å². The molecule has 2 nitrogen and oxygen atoms in total. The van der Waals surface area contributed by atoms with Crippen LogP contribution in [0.3, 0.4) is 0 Å². The highest BCUT2D eigenvalue weighted by Crippen LogP contribution is 2.28. The molecule has 0 rings (SSSR count). The van der Waals surface area contributed by atoms with Crippen LogP contribution in [0, 0.1) is 0 Å². The molecule has 0 aliphatic rings. The maximum Gasteiger partial charge on any atom is 0.341 e. The lowest BCUT2D eigenvalue weighted by Gasteiger charge is -2.25. The minimum atomic E-state index is -4.09. The zero-order chi connectivity index (χ0) is 17.8. The third-order valence-electron chi connectivity index (χ3n) is 2.58. The topological polar surface area (TPSA) is 37.3 Å². The van der Waals surface area contributed by atoms with Crippen LogP contribution in [0.4, 0.5) is 43.9 Å². The summed E-state index contributed by atoms with van der Waals surface area (Å²) in [4.78, 5) is 9.98. The number of carbonyl (C=O) groups is 1. The normalized spacial score (nSPS) is 23.2. The van der Waals surface area contributed by atoms with Gasteiger partial charge in [0.05, 0.1) is 0 Å². The van der Waals surface area contributed by atoms with Gasteiger partial charge in [0.25, 0.3) is 6.43 Å². The lowest BCUT2D eigenvalue weighted by Crippen LogP contribution is -2.48. The Labute approximate surface area is 117 Å². The van der Waals surface area contributed by atoms with Gasteiger partial charge in [0.1, 0.15) is 0 Å². The summed E-state index contributed by atoms with van der Waals surface area (Å²) >= 11 is 0. The second-order valence-electron chi connectivity index (χ2n) is 4.19. The summed E-state index contributed by atoms with van der Waals surface area (Å²) < 4.78 is 126. The Balaban J connectivity index is 4.89. The van der Waals surface area contributed by atoms with Crippen LogP contribution in [0.25, 0.3) is 0 Å². The van der Waals surface area contributed by atoms with E-state index in [2.05, 4.69) is 0 Å². The fraction of sp³-hybridized carbons (Fsp3) is 0.900. The van der Waals surface area contributed by atoms with Crippen LogP contribution in [0.2, 0.25) is 0 Å². The largest absolute Gasteiger partial charge is 0.479 e. The van der Waals surface area contributed by atoms with Crippen molar-refractivity contribution in [2.75, 3.05) is 0 Å². The summed E-state index contributed by atoms with van der Waals surface area (Å²) in [6.07, 6.45) is -34.9. The predicted octanol–water partition coefficient (Wildman–Crippen LogP) is 3.04. The first-order chi connectivity index (χ1) is 9.93. The molecular weight excluding hydrogens is 342 g/mol. The summed E-state index contributed by atoms with van der Waals surface area (Å²) in [6.45, 7) is 0. The molecule has 0 saturated heterocycles. The lowest BCUT2D eigenvalue weighted by atomic mass is 9.98. The van der Waals surface area contributed by atoms with Crippen molar-refractivity contribution in [3.8, 4) is 0 Å². The van der Waals surface area contributed by atoms with E-state index in [-0.39, 0.29) is 0 Å². The fourth-order valence-corrected chi connectivity index (χ4v) is 1.31. The van der Waals surface area contributed by atoms with Crippen LogP contribution in [0.5, 0.6) is 0 Å². The molecule has 22 heavy (non-hydrogen) atoms. The van der Waals surface area contributed by atoms with E-state index in [1.165, 1.54) is 0 Å². The van der Waals surface area contributed by atoms with Crippen molar-refractivity contribution in [2.24, 2.45) is 0 Å². The van der Waals surface area contributed by atoms with E-state index in [0.717, 1.165) is 0 Å². The Morgan fingerprint density at radius 1 is 0.545 bits per heavy atom. The molecule has 0 aliphatic heterocycles. The van der Waals surface area contributed by atoms with E-state index in [9.17, 15) is 48.7 Å². The molecular formula is C10H10F10O2. The minimum absolute atomic E-state index is 2.57. The quantitative estimate of drug-likeness (QED) is 0.648. The molecule has 0 aliphatic carbocycles. The van der Waals surface area contributed by atoms with Crippen LogP contribution in [0.1, 0.15) is 0 Å². The summed E-state index contributed by atoms with van der Waals surface area (Å²) in [7, 11) is 0. The molecule has 12 heteroatoms. The molecule has 0 bridgehead atoms. The molecule has 132 valence electrons. The Morgan fingerprint density at radius 3 is 1.09 bits per heavy atom. The molecule has 8 atom stereocenters. The monoisotopic (exact) mass is 352 g/mol. The number of hydrogen-bond acceptors (Lipinski definition) is 1. The average Bonchev–Trinajstić information content (AvgIpc) is 2.48. The number of carboxylic acid groups (broad SMARTS) is 1. The smallest absolute Gasteiger partial charge is 0.341 e. The molecule has 0 fully saturated rings. The summed E-state index contributed by atoms with van der Waals surface area (Å²) in [5, 5.41) is 7.99. The third kappa shape index (κ3) is 4.90. The Bertz CT molecular complexity index is 357. The third-order valence-corrected chi connectivity index (χ3v) is 2.58. The van der Waals surface area contributed by atoms with Gasteiger partial charge in [-0.1, -0.05) is 0 Å². The van der Waals surface area contributed by atoms with Gasteiger partial charge in [-0.05, 0) is 0 Å². The molecule has 8 unspecified atom stereocenters. The van der Waals surface area contributed by atoms with E-state index >= 15 is 0 Å². The summed E-state index contributed by atoms with van der Waals surface area (Å²) in [5.74, 6) is -2.57. The van der Waals surface area contributed by atoms with Gasteiger partial charge in [-0.15, -0.1) is 0 Å². The van der Waals surface area contributed by atoms with Crippen molar-refractivity contribution in [2.45, 2.75) is 55.8 Å². The number of carboxylic acids is 1. The Morgan fingerprint density at radius 2 is 0.818 bits per heavy atom. The Kier molecular flexibility index (Phi) is 7.94. The van der Waals surface area contributed by atoms with Crippen LogP contribution < -0.4 is 0 Å². The molecule has 0 aromatic carbocycles. The SMILES string of the molecule is O=C(O)C(F)C(F)C(F)C(F)C(F)C(F)C(F)C(F)C(F)F. The second kappa shape index (κ2) is 8.42. The van der Waals surface area contributed by atoms with E-state index in [4.69, 9.17) is 5.11 Å². The molecule has 0 radical (unpaired) electrons. The number of halogens is 10. The lowest BCUT2D eigenvalue weighted by molar-refractivity contribution is -0.148. The number of hydrogen-bond donors (Lipinski definition) is 1. The highest BCUT2D eigenvalue weighted by atomic mass is 19.3. The molecule has 0 amide bonds. The first kappa shape index (κ1) is 20.8. The number of rotatable bonds is 9. The molecule has 0 aromatic rings. The highest BCUT2D eigenvalue weighted by molar-refractivity contribution is 5.73. The summed E-state index contributed by atoms with van der Waals surface area (Å²) in [6, 6.07) is 0. The molecule has 1 N–H and O–H groups in total. The maximum absolute atomic E-state index is 13.1. The van der Waals surface area contributed by atoms with E-state index < -0.39 is 61.8 Å². The van der Waals surface area contributed by atoms with Crippen molar-refractivity contribution in [1.29, 1.82) is 0 Å². The van der Waals surface area contributed by atoms with Crippen molar-refractivity contribution in [1.82, 2.24) is 0 Å². The molecule has 0 heterocycles. The standard InChI is InChI=1S/C10H10F10O2/c11-1(3(13)5(15)7(17)9(19)20)2(12)4(14)6(16)8(18)10(21)22/h1-9H,(H,21,22). The van der Waals surface area contributed by atoms with Gasteiger partial charge in [0.2, 0.25) is 6.17 Å². The predicted molar refractivity (Wildman–Crippen MR) is 52.8 cm³/mol. The maximum atomic E-state index is 13.1. The van der Waals surface area contributed by atoms with Gasteiger partial charge in [-0.3, -0.25) is 0 Å². The van der Waals surface area contributed by atoms with Gasteiger partial charge in [-0.2, -0.15) is 0 Å². The van der Waals surface area contributed by atoms with E-state index in [0.29, 0.717) is 0 Å². The molecule has 0 saturated carbocycles. The highest BCUT2D eigenvalue weighted by Gasteiger charge is 2.49. The van der Waals surface area contributed by atoms with Crippen LogP contribution in [-0.4, -0.2) is 66.9 Å². The van der Waals surface area contributed by atoms with Crippen LogP contribution in [0.15, 0.2) is 0 Å². The van der Waals surface area contributed by atoms with Crippen molar-refractivity contribution in [3.05, 3.63) is 0 Å². The average molecular weight is 352 g/mol. The molecule has 0 aromatic heterocycles. The fourth-order valence-electron chi connectivity index (χ4n) is 1.31. The number of aliphatic carboxylic acids is 1. The van der Waals surface area contributed by atoms with E-state index in [1.54, 1.807) is 0 Å². The summed E-state index contributed by atoms with van der Waals surface area (Å²) in [5.41, 5.74) is 0. The van der Waals surface area contributed by atoms with Crippen LogP contribution >= 0.6 is 0 Å². The van der Waals surface area contributed by atoms with Crippen molar-refractivity contribution in [3.63, 3.8) is 0 Å². The minimum Gasteiger partial charge on any atom is -0.479 e. The van der Waals surface area contributed by atoms with Gasteiger partial charge in [0.15, 0.2) is 43.2 Å². The van der Waals surface area contributed by atoms with Gasteiger partial charge < -0.3 is 5.11 Å². The zero-order valence-corrected chi connectivity index (χ0v) is 10.3. The van der Waals surface area contributed by atoms with E-state index in [1.807, 2.05) is 0 Å². The van der Waals surface area contributed by atoms with Gasteiger partial charge in [-0.25, -0.2) is 48.7 Å².